The van der Waals surface area contributed by atoms with Gasteiger partial charge >= 0.3 is 0 Å². The number of nitriles is 1. The van der Waals surface area contributed by atoms with Crippen molar-refractivity contribution >= 4 is 33.6 Å². The summed E-state index contributed by atoms with van der Waals surface area (Å²) in [5.41, 5.74) is 1.38. The number of pyridine rings is 1. The summed E-state index contributed by atoms with van der Waals surface area (Å²) >= 11 is 0. The number of nitrogens with one attached hydrogen (secondary N) is 1. The number of aromatic nitrogens is 1. The van der Waals surface area contributed by atoms with Gasteiger partial charge in [-0.1, -0.05) is 12.1 Å². The summed E-state index contributed by atoms with van der Waals surface area (Å²) in [6.45, 7) is 0. The van der Waals surface area contributed by atoms with Crippen LogP contribution in [0.25, 0.3) is 12.2 Å². The Morgan fingerprint density at radius 1 is 1.29 bits per heavy atom. The summed E-state index contributed by atoms with van der Waals surface area (Å²) in [6.07, 6.45) is 6.02. The minimum Gasteiger partial charge on any atom is -0.321 e. The Morgan fingerprint density at radius 3 is 2.83 bits per heavy atom. The van der Waals surface area contributed by atoms with Crippen molar-refractivity contribution in [1.82, 2.24) is 4.98 Å². The third kappa shape index (κ3) is 3.09. The lowest BCUT2D eigenvalue weighted by Crippen LogP contribution is -2.13. The lowest BCUT2D eigenvalue weighted by Gasteiger charge is -2.06. The molecule has 6 nitrogen and oxygen atoms in total. The molecule has 1 N–H and O–H groups in total. The third-order valence-electron chi connectivity index (χ3n) is 3.37. The van der Waals surface area contributed by atoms with Crippen LogP contribution in [0.2, 0.25) is 0 Å². The van der Waals surface area contributed by atoms with Crippen LogP contribution in [0.5, 0.6) is 0 Å². The largest absolute Gasteiger partial charge is 0.321 e. The Morgan fingerprint density at radius 2 is 2.12 bits per heavy atom. The molecule has 0 fully saturated rings. The maximum absolute atomic E-state index is 12.2. The molecule has 0 aliphatic carbocycles. The number of anilines is 1. The van der Waals surface area contributed by atoms with Gasteiger partial charge in [0.25, 0.3) is 5.91 Å². The number of hydrogen-bond acceptors (Lipinski definition) is 5. The van der Waals surface area contributed by atoms with Gasteiger partial charge in [0.2, 0.25) is 9.84 Å². The maximum Gasteiger partial charge on any atom is 0.266 e. The second-order valence-corrected chi connectivity index (χ2v) is 6.81. The fourth-order valence-corrected chi connectivity index (χ4v) is 3.44. The fraction of sp³-hybridized carbons (Fsp3) is 0. The molecule has 24 heavy (non-hydrogen) atoms. The first-order chi connectivity index (χ1) is 11.5. The minimum absolute atomic E-state index is 0.107. The Bertz CT molecular complexity index is 1020. The Kier molecular flexibility index (Phi) is 3.98. The fourth-order valence-electron chi connectivity index (χ4n) is 2.21. The number of fused-ring (bicyclic) bond motifs is 1. The van der Waals surface area contributed by atoms with Gasteiger partial charge < -0.3 is 5.32 Å². The van der Waals surface area contributed by atoms with Gasteiger partial charge in [-0.15, -0.1) is 0 Å². The Labute approximate surface area is 138 Å². The molecule has 0 atom stereocenters. The van der Waals surface area contributed by atoms with Crippen molar-refractivity contribution in [2.75, 3.05) is 5.32 Å². The van der Waals surface area contributed by atoms with Crippen molar-refractivity contribution in [2.45, 2.75) is 4.90 Å². The molecule has 0 saturated heterocycles. The number of carbonyl (C=O) groups excluding carboxylic acids is 1. The summed E-state index contributed by atoms with van der Waals surface area (Å²) < 4.78 is 23.7. The van der Waals surface area contributed by atoms with Crippen LogP contribution in [0, 0.1) is 11.3 Å². The summed E-state index contributed by atoms with van der Waals surface area (Å²) in [6, 6.07) is 9.80. The van der Waals surface area contributed by atoms with Crippen LogP contribution in [0.1, 0.15) is 11.1 Å². The van der Waals surface area contributed by atoms with Crippen molar-refractivity contribution in [3.8, 4) is 6.07 Å². The topological polar surface area (TPSA) is 99.9 Å². The molecule has 2 aromatic rings. The molecule has 1 aromatic carbocycles. The molecule has 1 amide bonds. The van der Waals surface area contributed by atoms with Gasteiger partial charge in [0.15, 0.2) is 0 Å². The van der Waals surface area contributed by atoms with E-state index in [1.165, 1.54) is 24.4 Å². The molecule has 0 bridgehead atoms. The highest BCUT2D eigenvalue weighted by Crippen LogP contribution is 2.29. The number of benzene rings is 1. The van der Waals surface area contributed by atoms with E-state index in [1.807, 2.05) is 6.07 Å². The van der Waals surface area contributed by atoms with E-state index in [-0.39, 0.29) is 10.5 Å². The van der Waals surface area contributed by atoms with E-state index in [4.69, 9.17) is 5.26 Å². The first-order valence-electron chi connectivity index (χ1n) is 6.90. The van der Waals surface area contributed by atoms with Gasteiger partial charge in [-0.3, -0.25) is 9.78 Å². The maximum atomic E-state index is 12.2. The molecular weight excluding hydrogens is 326 g/mol. The molecule has 0 spiro atoms. The first-order valence-corrected chi connectivity index (χ1v) is 8.45. The SMILES string of the molecule is N#CC(=Cc1cccnc1)C(=O)Nc1ccc2c(c1)S(=O)(=O)C=C2. The van der Waals surface area contributed by atoms with Crippen molar-refractivity contribution in [1.29, 1.82) is 5.26 Å². The highest BCUT2D eigenvalue weighted by Gasteiger charge is 2.21. The first kappa shape index (κ1) is 15.6. The molecule has 0 radical (unpaired) electrons. The molecule has 1 aliphatic heterocycles. The van der Waals surface area contributed by atoms with E-state index >= 15 is 0 Å². The lowest BCUT2D eigenvalue weighted by atomic mass is 10.1. The molecule has 1 aliphatic rings. The molecule has 7 heteroatoms. The zero-order valence-electron chi connectivity index (χ0n) is 12.3. The average Bonchev–Trinajstić information content (AvgIpc) is 2.88. The number of carbonyl (C=O) groups is 1. The summed E-state index contributed by atoms with van der Waals surface area (Å²) in [7, 11) is -3.46. The van der Waals surface area contributed by atoms with Crippen LogP contribution in [-0.4, -0.2) is 19.3 Å². The third-order valence-corrected chi connectivity index (χ3v) is 4.83. The van der Waals surface area contributed by atoms with Gasteiger partial charge in [0, 0.05) is 23.5 Å². The van der Waals surface area contributed by atoms with Crippen molar-refractivity contribution in [2.24, 2.45) is 0 Å². The lowest BCUT2D eigenvalue weighted by molar-refractivity contribution is -0.112. The average molecular weight is 337 g/mol. The minimum atomic E-state index is -3.46. The highest BCUT2D eigenvalue weighted by molar-refractivity contribution is 7.94. The zero-order chi connectivity index (χ0) is 17.2. The van der Waals surface area contributed by atoms with E-state index in [0.29, 0.717) is 16.8 Å². The van der Waals surface area contributed by atoms with Crippen LogP contribution in [0.4, 0.5) is 5.69 Å². The molecule has 1 aromatic heterocycles. The van der Waals surface area contributed by atoms with Gasteiger partial charge in [0.1, 0.15) is 11.6 Å². The van der Waals surface area contributed by atoms with Crippen LogP contribution in [0.3, 0.4) is 0 Å². The highest BCUT2D eigenvalue weighted by atomic mass is 32.2. The molecule has 118 valence electrons. The zero-order valence-corrected chi connectivity index (χ0v) is 13.1. The van der Waals surface area contributed by atoms with Gasteiger partial charge in [-0.2, -0.15) is 5.26 Å². The Balaban J connectivity index is 1.85. The summed E-state index contributed by atoms with van der Waals surface area (Å²) in [5.74, 6) is -0.621. The van der Waals surface area contributed by atoms with Crippen LogP contribution >= 0.6 is 0 Å². The van der Waals surface area contributed by atoms with E-state index in [0.717, 1.165) is 5.41 Å². The second-order valence-electron chi connectivity index (χ2n) is 5.01. The van der Waals surface area contributed by atoms with E-state index in [1.54, 1.807) is 30.5 Å². The number of hydrogen-bond donors (Lipinski definition) is 1. The van der Waals surface area contributed by atoms with Gasteiger partial charge in [-0.25, -0.2) is 8.42 Å². The predicted octanol–water partition coefficient (Wildman–Crippen LogP) is 2.39. The van der Waals surface area contributed by atoms with E-state index in [9.17, 15) is 13.2 Å². The van der Waals surface area contributed by atoms with Crippen molar-refractivity contribution in [3.63, 3.8) is 0 Å². The van der Waals surface area contributed by atoms with Gasteiger partial charge in [-0.05, 0) is 41.5 Å². The molecule has 0 unspecified atom stereocenters. The second kappa shape index (κ2) is 6.10. The summed E-state index contributed by atoms with van der Waals surface area (Å²) in [5, 5.41) is 12.8. The standard InChI is InChI=1S/C17H11N3O3S/c18-10-14(8-12-2-1-6-19-11-12)17(21)20-15-4-3-13-5-7-24(22,23)16(13)9-15/h1-9,11H,(H,20,21). The smallest absolute Gasteiger partial charge is 0.266 e. The number of nitrogens with zero attached hydrogens (tertiary/aromatic N) is 2. The van der Waals surface area contributed by atoms with Crippen molar-refractivity contribution in [3.05, 3.63) is 64.8 Å². The van der Waals surface area contributed by atoms with Crippen molar-refractivity contribution < 1.29 is 13.2 Å². The number of sulfone groups is 1. The van der Waals surface area contributed by atoms with E-state index in [2.05, 4.69) is 10.3 Å². The summed E-state index contributed by atoms with van der Waals surface area (Å²) in [4.78, 5) is 16.3. The normalized spacial score (nSPS) is 14.7. The molecular formula is C17H11N3O3S. The van der Waals surface area contributed by atoms with Gasteiger partial charge in [0.05, 0.1) is 4.90 Å². The molecule has 2 heterocycles. The van der Waals surface area contributed by atoms with Crippen LogP contribution < -0.4 is 5.32 Å². The quantitative estimate of drug-likeness (QED) is 0.684. The number of amides is 1. The van der Waals surface area contributed by atoms with E-state index < -0.39 is 15.7 Å². The monoisotopic (exact) mass is 337 g/mol. The molecule has 0 saturated carbocycles. The van der Waals surface area contributed by atoms with Crippen LogP contribution in [0.15, 0.2) is 58.6 Å². The Hall–Kier alpha value is -3.24. The number of rotatable bonds is 3. The molecule has 3 rings (SSSR count). The predicted molar refractivity (Wildman–Crippen MR) is 89.1 cm³/mol. The van der Waals surface area contributed by atoms with Crippen LogP contribution in [-0.2, 0) is 14.6 Å².